The molecule has 0 radical (unpaired) electrons. The van der Waals surface area contributed by atoms with Gasteiger partial charge in [-0.2, -0.15) is 14.6 Å². The Labute approximate surface area is 140 Å². The normalized spacial score (nSPS) is 13.1. The molecule has 0 saturated carbocycles. The van der Waals surface area contributed by atoms with E-state index in [0.717, 1.165) is 17.1 Å². The Morgan fingerprint density at radius 3 is 2.62 bits per heavy atom. The van der Waals surface area contributed by atoms with Crippen LogP contribution in [0.5, 0.6) is 0 Å². The molecule has 3 rings (SSSR count). The van der Waals surface area contributed by atoms with Crippen molar-refractivity contribution in [2.24, 2.45) is 0 Å². The van der Waals surface area contributed by atoms with E-state index in [-0.39, 0.29) is 11.8 Å². The lowest BCUT2D eigenvalue weighted by molar-refractivity contribution is 0.592. The average molecular weight is 345 g/mol. The third-order valence-corrected chi connectivity index (χ3v) is 4.96. The Bertz CT molecular complexity index is 953. The monoisotopic (exact) mass is 345 g/mol. The SMILES string of the molecule is C[C@H](CS(C)(=O)=O)N(C)c1cc(-c2ccccc2)nc2ncnn12. The van der Waals surface area contributed by atoms with Gasteiger partial charge in [-0.15, -0.1) is 0 Å². The molecule has 126 valence electrons. The summed E-state index contributed by atoms with van der Waals surface area (Å²) in [5, 5.41) is 4.21. The fraction of sp³-hybridized carbons (Fsp3) is 0.312. The van der Waals surface area contributed by atoms with Gasteiger partial charge >= 0.3 is 0 Å². The largest absolute Gasteiger partial charge is 0.356 e. The van der Waals surface area contributed by atoms with Crippen molar-refractivity contribution in [1.29, 1.82) is 0 Å². The number of fused-ring (bicyclic) bond motifs is 1. The van der Waals surface area contributed by atoms with Crippen molar-refractivity contribution in [3.63, 3.8) is 0 Å². The lowest BCUT2D eigenvalue weighted by Crippen LogP contribution is -2.36. The van der Waals surface area contributed by atoms with E-state index in [1.165, 1.54) is 12.6 Å². The molecule has 0 N–H and O–H groups in total. The third-order valence-electron chi connectivity index (χ3n) is 3.87. The maximum atomic E-state index is 11.6. The first-order valence-electron chi connectivity index (χ1n) is 7.52. The van der Waals surface area contributed by atoms with Crippen molar-refractivity contribution in [3.05, 3.63) is 42.7 Å². The standard InChI is InChI=1S/C16H19N5O2S/c1-12(10-24(3,22)23)20(2)15-9-14(13-7-5-4-6-8-13)19-16-17-11-18-21(15)16/h4-9,11-12H,10H2,1-3H3/t12-/m1/s1. The predicted molar refractivity (Wildman–Crippen MR) is 93.8 cm³/mol. The highest BCUT2D eigenvalue weighted by molar-refractivity contribution is 7.90. The summed E-state index contributed by atoms with van der Waals surface area (Å²) < 4.78 is 24.8. The topological polar surface area (TPSA) is 80.5 Å². The van der Waals surface area contributed by atoms with Crippen LogP contribution in [0.2, 0.25) is 0 Å². The minimum atomic E-state index is -3.08. The molecule has 8 heteroatoms. The second-order valence-corrected chi connectivity index (χ2v) is 8.07. The van der Waals surface area contributed by atoms with Crippen LogP contribution in [0.3, 0.4) is 0 Å². The molecule has 0 saturated heterocycles. The van der Waals surface area contributed by atoms with Gasteiger partial charge in [0.05, 0.1) is 11.4 Å². The Morgan fingerprint density at radius 2 is 1.96 bits per heavy atom. The quantitative estimate of drug-likeness (QED) is 0.700. The zero-order valence-corrected chi connectivity index (χ0v) is 14.6. The summed E-state index contributed by atoms with van der Waals surface area (Å²) in [6.45, 7) is 1.87. The summed E-state index contributed by atoms with van der Waals surface area (Å²) in [6, 6.07) is 11.5. The van der Waals surface area contributed by atoms with E-state index in [0.29, 0.717) is 5.78 Å². The van der Waals surface area contributed by atoms with Gasteiger partial charge in [0.25, 0.3) is 5.78 Å². The van der Waals surface area contributed by atoms with Gasteiger partial charge in [-0.1, -0.05) is 30.3 Å². The highest BCUT2D eigenvalue weighted by atomic mass is 32.2. The van der Waals surface area contributed by atoms with Gasteiger partial charge in [0.15, 0.2) is 0 Å². The number of rotatable bonds is 5. The molecule has 0 spiro atoms. The highest BCUT2D eigenvalue weighted by Gasteiger charge is 2.20. The van der Waals surface area contributed by atoms with E-state index in [2.05, 4.69) is 15.1 Å². The molecule has 0 aliphatic rings. The first-order chi connectivity index (χ1) is 11.3. The number of nitrogens with zero attached hydrogens (tertiary/aromatic N) is 5. The second kappa shape index (κ2) is 6.20. The number of hydrogen-bond acceptors (Lipinski definition) is 6. The molecule has 0 aliphatic carbocycles. The number of hydrogen-bond donors (Lipinski definition) is 0. The van der Waals surface area contributed by atoms with Gasteiger partial charge in [0, 0.05) is 31.0 Å². The van der Waals surface area contributed by atoms with Crippen LogP contribution in [0.4, 0.5) is 5.82 Å². The fourth-order valence-corrected chi connectivity index (χ4v) is 3.68. The van der Waals surface area contributed by atoms with Gasteiger partial charge < -0.3 is 4.90 Å². The maximum Gasteiger partial charge on any atom is 0.254 e. The van der Waals surface area contributed by atoms with Crippen LogP contribution >= 0.6 is 0 Å². The van der Waals surface area contributed by atoms with Crippen molar-refractivity contribution >= 4 is 21.4 Å². The van der Waals surface area contributed by atoms with Crippen molar-refractivity contribution in [2.45, 2.75) is 13.0 Å². The van der Waals surface area contributed by atoms with E-state index in [1.54, 1.807) is 4.52 Å². The lowest BCUT2D eigenvalue weighted by atomic mass is 10.1. The molecule has 0 amide bonds. The summed E-state index contributed by atoms with van der Waals surface area (Å²) >= 11 is 0. The summed E-state index contributed by atoms with van der Waals surface area (Å²) in [4.78, 5) is 10.6. The maximum absolute atomic E-state index is 11.6. The van der Waals surface area contributed by atoms with Gasteiger partial charge in [0.1, 0.15) is 22.0 Å². The number of sulfone groups is 1. The molecule has 0 bridgehead atoms. The van der Waals surface area contributed by atoms with Crippen LogP contribution in [0.15, 0.2) is 42.7 Å². The molecular weight excluding hydrogens is 326 g/mol. The Balaban J connectivity index is 2.08. The number of aromatic nitrogens is 4. The summed E-state index contributed by atoms with van der Waals surface area (Å²) in [5.74, 6) is 1.28. The van der Waals surface area contributed by atoms with Gasteiger partial charge in [0.2, 0.25) is 0 Å². The molecule has 1 aromatic carbocycles. The first kappa shape index (κ1) is 16.4. The van der Waals surface area contributed by atoms with Gasteiger partial charge in [-0.25, -0.2) is 13.4 Å². The Hall–Kier alpha value is -2.48. The molecular formula is C16H19N5O2S. The summed E-state index contributed by atoms with van der Waals surface area (Å²) in [5.41, 5.74) is 1.73. The minimum Gasteiger partial charge on any atom is -0.356 e. The van der Waals surface area contributed by atoms with Crippen LogP contribution in [-0.4, -0.2) is 53.1 Å². The predicted octanol–water partition coefficient (Wildman–Crippen LogP) is 1.66. The minimum absolute atomic E-state index is 0.0582. The Morgan fingerprint density at radius 1 is 1.25 bits per heavy atom. The zero-order valence-electron chi connectivity index (χ0n) is 13.8. The molecule has 2 aromatic heterocycles. The lowest BCUT2D eigenvalue weighted by Gasteiger charge is -2.26. The molecule has 0 aliphatic heterocycles. The fourth-order valence-electron chi connectivity index (χ4n) is 2.58. The zero-order chi connectivity index (χ0) is 17.3. The number of anilines is 1. The molecule has 0 fully saturated rings. The Kier molecular flexibility index (Phi) is 4.23. The van der Waals surface area contributed by atoms with Crippen LogP contribution in [-0.2, 0) is 9.84 Å². The van der Waals surface area contributed by atoms with Gasteiger partial charge in [-0.3, -0.25) is 0 Å². The van der Waals surface area contributed by atoms with E-state index in [4.69, 9.17) is 0 Å². The van der Waals surface area contributed by atoms with Gasteiger partial charge in [-0.05, 0) is 6.92 Å². The molecule has 0 unspecified atom stereocenters. The van der Waals surface area contributed by atoms with Crippen LogP contribution < -0.4 is 4.90 Å². The smallest absolute Gasteiger partial charge is 0.254 e. The van der Waals surface area contributed by atoms with Crippen molar-refractivity contribution in [1.82, 2.24) is 19.6 Å². The van der Waals surface area contributed by atoms with E-state index < -0.39 is 9.84 Å². The average Bonchev–Trinajstić information content (AvgIpc) is 3.01. The summed E-state index contributed by atoms with van der Waals surface area (Å²) in [6.07, 6.45) is 2.68. The molecule has 24 heavy (non-hydrogen) atoms. The first-order valence-corrected chi connectivity index (χ1v) is 9.58. The third kappa shape index (κ3) is 3.38. The van der Waals surface area contributed by atoms with E-state index >= 15 is 0 Å². The molecule has 3 aromatic rings. The molecule has 1 atom stereocenters. The van der Waals surface area contributed by atoms with Crippen molar-refractivity contribution in [3.8, 4) is 11.3 Å². The van der Waals surface area contributed by atoms with Crippen molar-refractivity contribution in [2.75, 3.05) is 24.0 Å². The highest BCUT2D eigenvalue weighted by Crippen LogP contribution is 2.24. The van der Waals surface area contributed by atoms with Crippen LogP contribution in [0.25, 0.3) is 17.0 Å². The molecule has 2 heterocycles. The van der Waals surface area contributed by atoms with Crippen LogP contribution in [0, 0.1) is 0 Å². The number of benzene rings is 1. The van der Waals surface area contributed by atoms with Crippen LogP contribution in [0.1, 0.15) is 6.92 Å². The molecule has 7 nitrogen and oxygen atoms in total. The summed E-state index contributed by atoms with van der Waals surface area (Å²) in [7, 11) is -1.23. The van der Waals surface area contributed by atoms with Crippen molar-refractivity contribution < 1.29 is 8.42 Å². The van der Waals surface area contributed by atoms with E-state index in [1.807, 2.05) is 55.3 Å². The van der Waals surface area contributed by atoms with E-state index in [9.17, 15) is 8.42 Å². The second-order valence-electron chi connectivity index (χ2n) is 5.89.